The Kier molecular flexibility index (Phi) is 1.95. The molecular formula is C3H3BrN4O2. The van der Waals surface area contributed by atoms with E-state index in [0.29, 0.717) is 0 Å². The van der Waals surface area contributed by atoms with Crippen molar-refractivity contribution in [3.63, 3.8) is 0 Å². The number of carbonyl (C=O) groups is 1. The van der Waals surface area contributed by atoms with Crippen LogP contribution in [-0.2, 0) is 11.2 Å². The van der Waals surface area contributed by atoms with Crippen LogP contribution in [-0.4, -0.2) is 30.3 Å². The molecule has 54 valence electrons. The molecule has 1 heterocycles. The van der Waals surface area contributed by atoms with Crippen LogP contribution in [0.4, 0.5) is 0 Å². The fourth-order valence-electron chi connectivity index (χ4n) is 0.431. The molecule has 10 heavy (non-hydrogen) atoms. The zero-order valence-electron chi connectivity index (χ0n) is 4.73. The monoisotopic (exact) mass is 206 g/mol. The van der Waals surface area contributed by atoms with Crippen molar-refractivity contribution < 1.29 is 9.90 Å². The van der Waals surface area contributed by atoms with Crippen molar-refractivity contribution in [3.8, 4) is 0 Å². The van der Waals surface area contributed by atoms with Crippen LogP contribution in [0.1, 0.15) is 5.82 Å². The highest BCUT2D eigenvalue weighted by Crippen LogP contribution is 1.96. The first kappa shape index (κ1) is 7.13. The Morgan fingerprint density at radius 1 is 1.80 bits per heavy atom. The van der Waals surface area contributed by atoms with Gasteiger partial charge in [-0.15, -0.1) is 5.10 Å². The third kappa shape index (κ3) is 1.50. The lowest BCUT2D eigenvalue weighted by atomic mass is 10.4. The maximum Gasteiger partial charge on any atom is 0.311 e. The van der Waals surface area contributed by atoms with Gasteiger partial charge in [0.05, 0.1) is 16.1 Å². The molecule has 1 aromatic heterocycles. The fourth-order valence-corrected chi connectivity index (χ4v) is 0.691. The number of hydrogen-bond donors (Lipinski definition) is 1. The number of aromatic nitrogens is 4. The molecule has 0 aromatic carbocycles. The molecule has 0 amide bonds. The van der Waals surface area contributed by atoms with E-state index in [0.717, 1.165) is 3.71 Å². The average Bonchev–Trinajstić information content (AvgIpc) is 2.15. The van der Waals surface area contributed by atoms with Crippen molar-refractivity contribution in [2.75, 3.05) is 0 Å². The Morgan fingerprint density at radius 3 is 2.90 bits per heavy atom. The first-order chi connectivity index (χ1) is 4.70. The summed E-state index contributed by atoms with van der Waals surface area (Å²) in [5.74, 6) is -0.692. The zero-order valence-corrected chi connectivity index (χ0v) is 6.32. The normalized spacial score (nSPS) is 9.70. The summed E-state index contributed by atoms with van der Waals surface area (Å²) in [6, 6.07) is 0. The number of rotatable bonds is 2. The van der Waals surface area contributed by atoms with Crippen molar-refractivity contribution in [2.45, 2.75) is 6.42 Å². The fraction of sp³-hybridized carbons (Fsp3) is 0.333. The van der Waals surface area contributed by atoms with E-state index < -0.39 is 5.97 Å². The molecule has 0 bridgehead atoms. The Balaban J connectivity index is 2.74. The zero-order chi connectivity index (χ0) is 7.56. The number of tetrazole rings is 1. The van der Waals surface area contributed by atoms with E-state index in [-0.39, 0.29) is 12.2 Å². The van der Waals surface area contributed by atoms with Crippen LogP contribution in [0.3, 0.4) is 0 Å². The summed E-state index contributed by atoms with van der Waals surface area (Å²) < 4.78 is 1.14. The minimum atomic E-state index is -0.963. The van der Waals surface area contributed by atoms with Gasteiger partial charge in [-0.3, -0.25) is 4.79 Å². The maximum absolute atomic E-state index is 10.1. The summed E-state index contributed by atoms with van der Waals surface area (Å²) in [4.78, 5) is 10.1. The molecule has 1 rings (SSSR count). The summed E-state index contributed by atoms with van der Waals surface area (Å²) in [6.45, 7) is 0. The van der Waals surface area contributed by atoms with Crippen LogP contribution in [0, 0.1) is 0 Å². The Labute approximate surface area is 64.2 Å². The van der Waals surface area contributed by atoms with Crippen molar-refractivity contribution in [2.24, 2.45) is 0 Å². The average molecular weight is 207 g/mol. The molecule has 1 N–H and O–H groups in total. The lowest BCUT2D eigenvalue weighted by molar-refractivity contribution is -0.136. The number of carboxylic acid groups (broad SMARTS) is 1. The van der Waals surface area contributed by atoms with Gasteiger partial charge in [-0.25, -0.2) is 0 Å². The van der Waals surface area contributed by atoms with E-state index in [1.807, 2.05) is 0 Å². The number of nitrogens with zero attached hydrogens (tertiary/aromatic N) is 4. The molecule has 0 radical (unpaired) electrons. The largest absolute Gasteiger partial charge is 0.481 e. The van der Waals surface area contributed by atoms with Gasteiger partial charge in [0, 0.05) is 0 Å². The summed E-state index contributed by atoms with van der Waals surface area (Å²) >= 11 is 2.91. The van der Waals surface area contributed by atoms with E-state index >= 15 is 0 Å². The number of aliphatic carboxylic acids is 1. The van der Waals surface area contributed by atoms with Gasteiger partial charge in [0.25, 0.3) is 0 Å². The molecule has 0 spiro atoms. The molecule has 1 aromatic rings. The minimum Gasteiger partial charge on any atom is -0.481 e. The van der Waals surface area contributed by atoms with Gasteiger partial charge in [0.2, 0.25) is 0 Å². The van der Waals surface area contributed by atoms with Gasteiger partial charge < -0.3 is 5.11 Å². The first-order valence-electron chi connectivity index (χ1n) is 2.35. The minimum absolute atomic E-state index is 0.182. The van der Waals surface area contributed by atoms with Crippen LogP contribution in [0.25, 0.3) is 0 Å². The molecule has 0 aliphatic heterocycles. The van der Waals surface area contributed by atoms with Crippen LogP contribution in [0.15, 0.2) is 0 Å². The molecule has 0 atom stereocenters. The van der Waals surface area contributed by atoms with Crippen LogP contribution in [0.2, 0.25) is 0 Å². The highest BCUT2D eigenvalue weighted by Gasteiger charge is 2.07. The summed E-state index contributed by atoms with van der Waals surface area (Å²) in [7, 11) is 0. The molecule has 0 fully saturated rings. The Bertz CT molecular complexity index is 246. The SMILES string of the molecule is O=C(O)Cc1nnnn1Br. The Morgan fingerprint density at radius 2 is 2.50 bits per heavy atom. The second-order valence-electron chi connectivity index (χ2n) is 1.53. The number of hydrogen-bond acceptors (Lipinski definition) is 4. The van der Waals surface area contributed by atoms with Crippen molar-refractivity contribution in [3.05, 3.63) is 5.82 Å². The summed E-state index contributed by atoms with van der Waals surface area (Å²) in [5, 5.41) is 18.3. The number of halogens is 1. The third-order valence-electron chi connectivity index (χ3n) is 0.801. The quantitative estimate of drug-likeness (QED) is 0.704. The van der Waals surface area contributed by atoms with Gasteiger partial charge in [0.15, 0.2) is 5.82 Å². The molecule has 6 nitrogen and oxygen atoms in total. The lowest BCUT2D eigenvalue weighted by Crippen LogP contribution is -2.04. The van der Waals surface area contributed by atoms with Gasteiger partial charge >= 0.3 is 5.97 Å². The van der Waals surface area contributed by atoms with Crippen LogP contribution >= 0.6 is 16.1 Å². The van der Waals surface area contributed by atoms with Crippen LogP contribution < -0.4 is 0 Å². The predicted octanol–water partition coefficient (Wildman–Crippen LogP) is -0.542. The lowest BCUT2D eigenvalue weighted by Gasteiger charge is -1.88. The topological polar surface area (TPSA) is 80.9 Å². The standard InChI is InChI=1S/C3H3BrN4O2/c4-8-2(1-3(9)10)5-6-7-8/h1H2,(H,9,10). The summed E-state index contributed by atoms with van der Waals surface area (Å²) in [6.07, 6.45) is -0.182. The molecular weight excluding hydrogens is 204 g/mol. The molecule has 0 saturated heterocycles. The van der Waals surface area contributed by atoms with Crippen LogP contribution in [0.5, 0.6) is 0 Å². The molecule has 0 aliphatic rings. The maximum atomic E-state index is 10.1. The Hall–Kier alpha value is -0.980. The molecule has 0 aliphatic carbocycles. The van der Waals surface area contributed by atoms with Gasteiger partial charge in [-0.05, 0) is 10.4 Å². The second-order valence-corrected chi connectivity index (χ2v) is 2.20. The first-order valence-corrected chi connectivity index (χ1v) is 3.06. The summed E-state index contributed by atoms with van der Waals surface area (Å²) in [5.41, 5.74) is 0. The van der Waals surface area contributed by atoms with Gasteiger partial charge in [-0.2, -0.15) is 3.71 Å². The van der Waals surface area contributed by atoms with Gasteiger partial charge in [-0.1, -0.05) is 0 Å². The number of carboxylic acids is 1. The highest BCUT2D eigenvalue weighted by atomic mass is 79.9. The van der Waals surface area contributed by atoms with Crippen molar-refractivity contribution in [1.82, 2.24) is 19.2 Å². The molecule has 0 unspecified atom stereocenters. The van der Waals surface area contributed by atoms with E-state index in [4.69, 9.17) is 5.11 Å². The molecule has 0 saturated carbocycles. The molecule has 7 heteroatoms. The highest BCUT2D eigenvalue weighted by molar-refractivity contribution is 9.08. The smallest absolute Gasteiger partial charge is 0.311 e. The second kappa shape index (κ2) is 2.74. The van der Waals surface area contributed by atoms with E-state index in [9.17, 15) is 4.79 Å². The van der Waals surface area contributed by atoms with E-state index in [2.05, 4.69) is 31.7 Å². The van der Waals surface area contributed by atoms with Crippen molar-refractivity contribution >= 4 is 22.1 Å². The van der Waals surface area contributed by atoms with E-state index in [1.165, 1.54) is 0 Å². The third-order valence-corrected chi connectivity index (χ3v) is 1.35. The van der Waals surface area contributed by atoms with E-state index in [1.54, 1.807) is 0 Å². The predicted molar refractivity (Wildman–Crippen MR) is 33.5 cm³/mol. The van der Waals surface area contributed by atoms with Crippen molar-refractivity contribution in [1.29, 1.82) is 0 Å². The van der Waals surface area contributed by atoms with Gasteiger partial charge in [0.1, 0.15) is 6.42 Å².